The second-order valence-electron chi connectivity index (χ2n) is 9.48. The van der Waals surface area contributed by atoms with Crippen molar-refractivity contribution < 1.29 is 23.7 Å². The number of rotatable bonds is 5. The van der Waals surface area contributed by atoms with Crippen LogP contribution in [0.2, 0.25) is 0 Å². The number of allylic oxidation sites excluding steroid dienone is 1. The largest absolute Gasteiger partial charge is 0.493 e. The van der Waals surface area contributed by atoms with Gasteiger partial charge in [0, 0.05) is 42.8 Å². The number of fused-ring (bicyclic) bond motifs is 4. The number of nitrogens with zero attached hydrogens (tertiary/aromatic N) is 2. The number of carbonyl (C=O) groups is 1. The maximum absolute atomic E-state index is 13.5. The molecule has 3 aromatic carbocycles. The third-order valence-electron chi connectivity index (χ3n) is 7.06. The summed E-state index contributed by atoms with van der Waals surface area (Å²) < 4.78 is 25.3. The van der Waals surface area contributed by atoms with Crippen LogP contribution in [0.5, 0.6) is 23.0 Å². The Kier molecular flexibility index (Phi) is 5.65. The molecule has 2 aliphatic heterocycles. The van der Waals surface area contributed by atoms with Crippen LogP contribution in [0.15, 0.2) is 60.5 Å². The molecule has 3 heterocycles. The van der Waals surface area contributed by atoms with Gasteiger partial charge in [-0.15, -0.1) is 0 Å². The summed E-state index contributed by atoms with van der Waals surface area (Å²) in [4.78, 5) is 15.6. The van der Waals surface area contributed by atoms with Gasteiger partial charge in [0.05, 0.1) is 25.3 Å². The molecular formula is C30H28N2O5. The smallest absolute Gasteiger partial charge is 0.232 e. The van der Waals surface area contributed by atoms with Crippen LogP contribution >= 0.6 is 0 Å². The van der Waals surface area contributed by atoms with Gasteiger partial charge < -0.3 is 23.5 Å². The summed E-state index contributed by atoms with van der Waals surface area (Å²) in [5.41, 5.74) is 5.48. The average Bonchev–Trinajstić information content (AvgIpc) is 3.41. The molecule has 0 amide bonds. The Balaban J connectivity index is 1.31. The first-order chi connectivity index (χ1) is 18.0. The van der Waals surface area contributed by atoms with Gasteiger partial charge >= 0.3 is 0 Å². The van der Waals surface area contributed by atoms with E-state index in [1.165, 1.54) is 0 Å². The average molecular weight is 497 g/mol. The van der Waals surface area contributed by atoms with Gasteiger partial charge in [0.2, 0.25) is 5.78 Å². The number of benzene rings is 3. The van der Waals surface area contributed by atoms with Crippen molar-refractivity contribution >= 4 is 22.8 Å². The monoisotopic (exact) mass is 496 g/mol. The maximum atomic E-state index is 13.5. The zero-order chi connectivity index (χ0) is 25.7. The van der Waals surface area contributed by atoms with E-state index in [1.54, 1.807) is 14.2 Å². The molecule has 0 spiro atoms. The number of para-hydroxylation sites is 1. The Morgan fingerprint density at radius 1 is 1.05 bits per heavy atom. The van der Waals surface area contributed by atoms with Gasteiger partial charge in [-0.2, -0.15) is 0 Å². The molecule has 0 unspecified atom stereocenters. The molecule has 0 N–H and O–H groups in total. The van der Waals surface area contributed by atoms with Gasteiger partial charge in [0.15, 0.2) is 17.3 Å². The molecule has 1 aromatic heterocycles. The van der Waals surface area contributed by atoms with Crippen molar-refractivity contribution in [1.29, 1.82) is 0 Å². The minimum absolute atomic E-state index is 0.0970. The quantitative estimate of drug-likeness (QED) is 0.342. The lowest BCUT2D eigenvalue weighted by Crippen LogP contribution is -2.31. The second kappa shape index (κ2) is 9.01. The van der Waals surface area contributed by atoms with Crippen LogP contribution < -0.4 is 18.9 Å². The first-order valence-electron chi connectivity index (χ1n) is 12.2. The van der Waals surface area contributed by atoms with Crippen molar-refractivity contribution in [3.63, 3.8) is 0 Å². The molecule has 7 heteroatoms. The number of hydrogen-bond donors (Lipinski definition) is 0. The molecule has 2 aliphatic rings. The number of Topliss-reactive ketones (excluding diaryl/α,β-unsaturated/α-hetero) is 1. The van der Waals surface area contributed by atoms with E-state index in [4.69, 9.17) is 18.9 Å². The van der Waals surface area contributed by atoms with Gasteiger partial charge in [-0.05, 0) is 48.4 Å². The first kappa shape index (κ1) is 23.2. The predicted octanol–water partition coefficient (Wildman–Crippen LogP) is 5.47. The lowest BCUT2D eigenvalue weighted by atomic mass is 9.98. The summed E-state index contributed by atoms with van der Waals surface area (Å²) >= 11 is 0. The predicted molar refractivity (Wildman–Crippen MR) is 141 cm³/mol. The fourth-order valence-electron chi connectivity index (χ4n) is 5.24. The molecule has 6 rings (SSSR count). The summed E-state index contributed by atoms with van der Waals surface area (Å²) in [6.45, 7) is 3.61. The van der Waals surface area contributed by atoms with Crippen molar-refractivity contribution in [2.75, 3.05) is 21.0 Å². The van der Waals surface area contributed by atoms with Crippen molar-refractivity contribution in [3.05, 3.63) is 88.3 Å². The lowest BCUT2D eigenvalue weighted by Gasteiger charge is -2.30. The van der Waals surface area contributed by atoms with Crippen molar-refractivity contribution in [2.24, 2.45) is 7.05 Å². The van der Waals surface area contributed by atoms with E-state index in [1.807, 2.05) is 62.6 Å². The highest BCUT2D eigenvalue weighted by Crippen LogP contribution is 2.44. The van der Waals surface area contributed by atoms with Crippen molar-refractivity contribution in [3.8, 4) is 23.0 Å². The summed E-state index contributed by atoms with van der Waals surface area (Å²) in [5.74, 6) is 2.98. The second-order valence-corrected chi connectivity index (χ2v) is 9.48. The first-order valence-corrected chi connectivity index (χ1v) is 12.2. The van der Waals surface area contributed by atoms with Gasteiger partial charge in [-0.3, -0.25) is 9.69 Å². The van der Waals surface area contributed by atoms with Crippen molar-refractivity contribution in [1.82, 2.24) is 9.47 Å². The van der Waals surface area contributed by atoms with Crippen LogP contribution in [-0.4, -0.2) is 36.2 Å². The third-order valence-corrected chi connectivity index (χ3v) is 7.06. The Morgan fingerprint density at radius 2 is 1.86 bits per heavy atom. The van der Waals surface area contributed by atoms with Crippen LogP contribution in [0.4, 0.5) is 0 Å². The molecule has 0 saturated carbocycles. The van der Waals surface area contributed by atoms with Crippen LogP contribution in [0.25, 0.3) is 17.0 Å². The highest BCUT2D eigenvalue weighted by atomic mass is 16.5. The number of ether oxygens (including phenoxy) is 4. The maximum Gasteiger partial charge on any atom is 0.232 e. The number of aromatic nitrogens is 1. The van der Waals surface area contributed by atoms with Crippen LogP contribution in [0.3, 0.4) is 0 Å². The van der Waals surface area contributed by atoms with Crippen LogP contribution in [-0.2, 0) is 20.1 Å². The molecular weight excluding hydrogens is 468 g/mol. The Hall–Kier alpha value is -4.23. The molecule has 0 fully saturated rings. The zero-order valence-electron chi connectivity index (χ0n) is 21.3. The summed E-state index contributed by atoms with van der Waals surface area (Å²) in [7, 11) is 5.26. The minimum atomic E-state index is -0.0970. The van der Waals surface area contributed by atoms with E-state index in [9.17, 15) is 4.79 Å². The van der Waals surface area contributed by atoms with E-state index in [2.05, 4.69) is 21.6 Å². The van der Waals surface area contributed by atoms with Crippen LogP contribution in [0.1, 0.15) is 32.6 Å². The number of methoxy groups -OCH3 is 2. The fourth-order valence-corrected chi connectivity index (χ4v) is 5.24. The third kappa shape index (κ3) is 3.92. The van der Waals surface area contributed by atoms with E-state index in [-0.39, 0.29) is 5.78 Å². The molecule has 37 heavy (non-hydrogen) atoms. The molecule has 188 valence electrons. The molecule has 0 bridgehead atoms. The summed E-state index contributed by atoms with van der Waals surface area (Å²) in [6, 6.07) is 16.0. The molecule has 0 aliphatic carbocycles. The number of ketones is 1. The number of carbonyl (C=O) groups excluding carboxylic acids is 1. The van der Waals surface area contributed by atoms with E-state index in [0.29, 0.717) is 48.4 Å². The van der Waals surface area contributed by atoms with E-state index < -0.39 is 0 Å². The minimum Gasteiger partial charge on any atom is -0.493 e. The highest BCUT2D eigenvalue weighted by molar-refractivity contribution is 6.16. The number of hydrogen-bond acceptors (Lipinski definition) is 6. The molecule has 0 radical (unpaired) electrons. The SMILES string of the molecule is COc1ccc(CN2COc3cc(C)c4c(c3C2)O/C(=C\c2cn(C)c3ccccc23)C4=O)cc1OC. The fraction of sp³-hybridized carbons (Fsp3) is 0.233. The zero-order valence-corrected chi connectivity index (χ0v) is 21.3. The van der Waals surface area contributed by atoms with Crippen molar-refractivity contribution in [2.45, 2.75) is 20.0 Å². The van der Waals surface area contributed by atoms with Gasteiger partial charge in [0.1, 0.15) is 18.2 Å². The summed E-state index contributed by atoms with van der Waals surface area (Å²) in [6.07, 6.45) is 3.87. The topological polar surface area (TPSA) is 62.2 Å². The van der Waals surface area contributed by atoms with E-state index >= 15 is 0 Å². The number of aryl methyl sites for hydroxylation is 2. The Bertz CT molecular complexity index is 1580. The summed E-state index contributed by atoms with van der Waals surface area (Å²) in [5, 5.41) is 1.08. The molecule has 4 aromatic rings. The van der Waals surface area contributed by atoms with Gasteiger partial charge in [0.25, 0.3) is 0 Å². The van der Waals surface area contributed by atoms with Gasteiger partial charge in [-0.25, -0.2) is 0 Å². The molecule has 0 saturated heterocycles. The molecule has 0 atom stereocenters. The Labute approximate surface area is 215 Å². The lowest BCUT2D eigenvalue weighted by molar-refractivity contribution is 0.0871. The highest BCUT2D eigenvalue weighted by Gasteiger charge is 2.35. The van der Waals surface area contributed by atoms with E-state index in [0.717, 1.165) is 38.9 Å². The van der Waals surface area contributed by atoms with Gasteiger partial charge in [-0.1, -0.05) is 24.3 Å². The normalized spacial score (nSPS) is 15.9. The Morgan fingerprint density at radius 3 is 2.68 bits per heavy atom. The standard InChI is InChI=1S/C30H28N2O5/c1-18-11-25-22(16-32(17-36-25)14-19-9-10-24(34-3)26(12-19)35-4)30-28(18)29(33)27(37-30)13-20-15-31(2)23-8-6-5-7-21(20)23/h5-13,15H,14,16-17H2,1-4H3/b27-13-. The van der Waals surface area contributed by atoms with Crippen LogP contribution in [0, 0.1) is 6.92 Å². The molecule has 7 nitrogen and oxygen atoms in total.